The number of anilines is 1. The lowest BCUT2D eigenvalue weighted by molar-refractivity contribution is -0.136. The van der Waals surface area contributed by atoms with E-state index in [2.05, 4.69) is 22.2 Å². The van der Waals surface area contributed by atoms with Crippen LogP contribution in [0.1, 0.15) is 18.4 Å². The summed E-state index contributed by atoms with van der Waals surface area (Å²) in [5.74, 6) is 0. The van der Waals surface area contributed by atoms with Gasteiger partial charge < -0.3 is 20.0 Å². The van der Waals surface area contributed by atoms with Gasteiger partial charge in [0.2, 0.25) is 0 Å². The van der Waals surface area contributed by atoms with Gasteiger partial charge in [-0.1, -0.05) is 12.1 Å². The van der Waals surface area contributed by atoms with Crippen LogP contribution in [0.2, 0.25) is 0 Å². The molecule has 0 spiro atoms. The minimum Gasteiger partial charge on any atom is -0.326 e. The minimum absolute atomic E-state index is 0.222. The van der Waals surface area contributed by atoms with Crippen LogP contribution in [0, 0.1) is 0 Å². The van der Waals surface area contributed by atoms with Crippen molar-refractivity contribution >= 4 is 11.7 Å². The van der Waals surface area contributed by atoms with Crippen LogP contribution in [0.15, 0.2) is 24.3 Å². The highest BCUT2D eigenvalue weighted by molar-refractivity contribution is 5.90. The molecule has 1 aromatic carbocycles. The van der Waals surface area contributed by atoms with Crippen molar-refractivity contribution < 1.29 is 18.0 Å². The predicted molar refractivity (Wildman–Crippen MR) is 96.2 cm³/mol. The van der Waals surface area contributed by atoms with Gasteiger partial charge >= 0.3 is 12.2 Å². The Morgan fingerprint density at radius 1 is 1.19 bits per heavy atom. The van der Waals surface area contributed by atoms with Gasteiger partial charge in [0.05, 0.1) is 11.3 Å². The summed E-state index contributed by atoms with van der Waals surface area (Å²) in [7, 11) is 5.72. The highest BCUT2D eigenvalue weighted by Crippen LogP contribution is 2.34. The fraction of sp³-hybridized carbons (Fsp3) is 0.611. The lowest BCUT2D eigenvalue weighted by atomic mass is 10.0. The SMILES string of the molecule is CN1CCC(N(C)CCN(C)C(=O)Nc2ccccc2C(F)(F)F)CC1. The van der Waals surface area contributed by atoms with E-state index in [1.165, 1.54) is 23.1 Å². The summed E-state index contributed by atoms with van der Waals surface area (Å²) in [5, 5.41) is 2.37. The molecule has 26 heavy (non-hydrogen) atoms. The quantitative estimate of drug-likeness (QED) is 0.863. The Bertz CT molecular complexity index is 600. The molecule has 1 aliphatic heterocycles. The zero-order chi connectivity index (χ0) is 19.3. The standard InChI is InChI=1S/C18H27F3N4O/c1-23-10-8-14(9-11-23)24(2)12-13-25(3)17(26)22-16-7-5-4-6-15(16)18(19,20)21/h4-7,14H,8-13H2,1-3H3,(H,22,26). The summed E-state index contributed by atoms with van der Waals surface area (Å²) >= 11 is 0. The summed E-state index contributed by atoms with van der Waals surface area (Å²) in [4.78, 5) is 18.2. The second-order valence-corrected chi connectivity index (χ2v) is 6.91. The number of likely N-dealkylation sites (tertiary alicyclic amines) is 1. The van der Waals surface area contributed by atoms with Crippen molar-refractivity contribution in [2.75, 3.05) is 52.6 Å². The third kappa shape index (κ3) is 5.60. The van der Waals surface area contributed by atoms with Crippen molar-refractivity contribution in [1.29, 1.82) is 0 Å². The number of amides is 2. The maximum Gasteiger partial charge on any atom is 0.418 e. The molecular formula is C18H27F3N4O. The van der Waals surface area contributed by atoms with Gasteiger partial charge in [-0.2, -0.15) is 13.2 Å². The smallest absolute Gasteiger partial charge is 0.326 e. The first-order chi connectivity index (χ1) is 12.2. The molecular weight excluding hydrogens is 345 g/mol. The Kier molecular flexibility index (Phi) is 6.88. The molecule has 5 nitrogen and oxygen atoms in total. The lowest BCUT2D eigenvalue weighted by Crippen LogP contribution is -2.45. The molecule has 1 fully saturated rings. The molecule has 8 heteroatoms. The maximum absolute atomic E-state index is 13.0. The predicted octanol–water partition coefficient (Wildman–Crippen LogP) is 3.20. The molecule has 2 rings (SSSR count). The number of rotatable bonds is 5. The molecule has 1 heterocycles. The third-order valence-corrected chi connectivity index (χ3v) is 4.92. The van der Waals surface area contributed by atoms with Crippen molar-refractivity contribution in [3.63, 3.8) is 0 Å². The zero-order valence-corrected chi connectivity index (χ0v) is 15.5. The number of para-hydroxylation sites is 1. The number of benzene rings is 1. The Morgan fingerprint density at radius 3 is 2.42 bits per heavy atom. The summed E-state index contributed by atoms with van der Waals surface area (Å²) < 4.78 is 39.0. The minimum atomic E-state index is -4.50. The average Bonchev–Trinajstić information content (AvgIpc) is 2.59. The van der Waals surface area contributed by atoms with Gasteiger partial charge in [-0.15, -0.1) is 0 Å². The second kappa shape index (κ2) is 8.73. The van der Waals surface area contributed by atoms with Crippen LogP contribution in [0.3, 0.4) is 0 Å². The lowest BCUT2D eigenvalue weighted by Gasteiger charge is -2.35. The molecule has 1 aliphatic rings. The molecule has 0 atom stereocenters. The third-order valence-electron chi connectivity index (χ3n) is 4.92. The molecule has 1 aromatic rings. The van der Waals surface area contributed by atoms with Crippen LogP contribution in [0.4, 0.5) is 23.7 Å². The van der Waals surface area contributed by atoms with Crippen LogP contribution in [-0.4, -0.2) is 74.1 Å². The molecule has 0 aromatic heterocycles. The maximum atomic E-state index is 13.0. The highest BCUT2D eigenvalue weighted by Gasteiger charge is 2.33. The van der Waals surface area contributed by atoms with E-state index in [0.717, 1.165) is 32.0 Å². The van der Waals surface area contributed by atoms with E-state index >= 15 is 0 Å². The first-order valence-corrected chi connectivity index (χ1v) is 8.75. The highest BCUT2D eigenvalue weighted by atomic mass is 19.4. The number of halogens is 3. The first kappa shape index (κ1) is 20.5. The Hall–Kier alpha value is -1.80. The summed E-state index contributed by atoms with van der Waals surface area (Å²) in [5.41, 5.74) is -1.06. The summed E-state index contributed by atoms with van der Waals surface area (Å²) in [6.45, 7) is 3.24. The molecule has 0 radical (unpaired) electrons. The number of nitrogens with zero attached hydrogens (tertiary/aromatic N) is 3. The van der Waals surface area contributed by atoms with Crippen LogP contribution < -0.4 is 5.32 Å². The number of carbonyl (C=O) groups is 1. The van der Waals surface area contributed by atoms with Crippen molar-refractivity contribution in [3.05, 3.63) is 29.8 Å². The van der Waals surface area contributed by atoms with Crippen LogP contribution >= 0.6 is 0 Å². The molecule has 0 unspecified atom stereocenters. The topological polar surface area (TPSA) is 38.8 Å². The molecule has 0 saturated carbocycles. The van der Waals surface area contributed by atoms with Crippen molar-refractivity contribution in [3.8, 4) is 0 Å². The fourth-order valence-electron chi connectivity index (χ4n) is 3.08. The molecule has 0 aliphatic carbocycles. The van der Waals surface area contributed by atoms with Gasteiger partial charge in [-0.05, 0) is 52.2 Å². The van der Waals surface area contributed by atoms with E-state index in [1.54, 1.807) is 7.05 Å². The zero-order valence-electron chi connectivity index (χ0n) is 15.5. The molecule has 0 bridgehead atoms. The van der Waals surface area contributed by atoms with Gasteiger partial charge in [0.15, 0.2) is 0 Å². The number of likely N-dealkylation sites (N-methyl/N-ethyl adjacent to an activating group) is 2. The fourth-order valence-corrected chi connectivity index (χ4v) is 3.08. The van der Waals surface area contributed by atoms with Gasteiger partial charge in [-0.3, -0.25) is 0 Å². The van der Waals surface area contributed by atoms with Crippen LogP contribution in [0.25, 0.3) is 0 Å². The number of hydrogen-bond donors (Lipinski definition) is 1. The largest absolute Gasteiger partial charge is 0.418 e. The Labute approximate surface area is 152 Å². The number of carbonyl (C=O) groups excluding carboxylic acids is 1. The van der Waals surface area contributed by atoms with E-state index in [0.29, 0.717) is 19.1 Å². The van der Waals surface area contributed by atoms with Crippen LogP contribution in [-0.2, 0) is 6.18 Å². The van der Waals surface area contributed by atoms with Crippen molar-refractivity contribution in [2.24, 2.45) is 0 Å². The number of urea groups is 1. The van der Waals surface area contributed by atoms with E-state index in [4.69, 9.17) is 0 Å². The van der Waals surface area contributed by atoms with Gasteiger partial charge in [0.1, 0.15) is 0 Å². The number of alkyl halides is 3. The average molecular weight is 372 g/mol. The summed E-state index contributed by atoms with van der Waals surface area (Å²) in [6, 6.07) is 4.94. The van der Waals surface area contributed by atoms with E-state index in [1.807, 2.05) is 7.05 Å². The van der Waals surface area contributed by atoms with Crippen molar-refractivity contribution in [2.45, 2.75) is 25.1 Å². The van der Waals surface area contributed by atoms with Gasteiger partial charge in [0, 0.05) is 26.2 Å². The van der Waals surface area contributed by atoms with Crippen molar-refractivity contribution in [1.82, 2.24) is 14.7 Å². The number of nitrogens with one attached hydrogen (secondary N) is 1. The van der Waals surface area contributed by atoms with Gasteiger partial charge in [-0.25, -0.2) is 4.79 Å². The number of hydrogen-bond acceptors (Lipinski definition) is 3. The summed E-state index contributed by atoms with van der Waals surface area (Å²) in [6.07, 6.45) is -2.33. The molecule has 1 saturated heterocycles. The van der Waals surface area contributed by atoms with E-state index in [9.17, 15) is 18.0 Å². The van der Waals surface area contributed by atoms with Crippen LogP contribution in [0.5, 0.6) is 0 Å². The first-order valence-electron chi connectivity index (χ1n) is 8.75. The number of piperidine rings is 1. The Balaban J connectivity index is 1.86. The van der Waals surface area contributed by atoms with E-state index in [-0.39, 0.29) is 5.69 Å². The molecule has 2 amide bonds. The molecule has 1 N–H and O–H groups in total. The normalized spacial score (nSPS) is 16.7. The monoisotopic (exact) mass is 372 g/mol. The van der Waals surface area contributed by atoms with E-state index < -0.39 is 17.8 Å². The molecule has 146 valence electrons. The Morgan fingerprint density at radius 2 is 1.81 bits per heavy atom. The van der Waals surface area contributed by atoms with Gasteiger partial charge in [0.25, 0.3) is 0 Å². The second-order valence-electron chi connectivity index (χ2n) is 6.91.